The van der Waals surface area contributed by atoms with Gasteiger partial charge in [-0.15, -0.1) is 0 Å². The van der Waals surface area contributed by atoms with E-state index in [-0.39, 0.29) is 5.41 Å². The Morgan fingerprint density at radius 1 is 1.05 bits per heavy atom. The van der Waals surface area contributed by atoms with Crippen LogP contribution >= 0.6 is 0 Å². The van der Waals surface area contributed by atoms with Crippen molar-refractivity contribution in [1.82, 2.24) is 0 Å². The predicted molar refractivity (Wildman–Crippen MR) is 90.7 cm³/mol. The van der Waals surface area contributed by atoms with Crippen LogP contribution in [-0.2, 0) is 5.41 Å². The molecule has 0 aliphatic rings. The molecule has 0 radical (unpaired) electrons. The van der Waals surface area contributed by atoms with E-state index in [0.717, 1.165) is 17.6 Å². The maximum atomic E-state index is 4.08. The van der Waals surface area contributed by atoms with Gasteiger partial charge in [-0.2, -0.15) is 0 Å². The Bertz CT molecular complexity index is 472. The molecular formula is C20H28. The normalized spacial score (nSPS) is 10.8. The Balaban J connectivity index is 2.54. The molecule has 0 spiro atoms. The fourth-order valence-corrected chi connectivity index (χ4v) is 2.05. The van der Waals surface area contributed by atoms with Gasteiger partial charge >= 0.3 is 0 Å². The fourth-order valence-electron chi connectivity index (χ4n) is 2.05. The van der Waals surface area contributed by atoms with Crippen molar-refractivity contribution in [1.29, 1.82) is 0 Å². The first-order chi connectivity index (χ1) is 9.45. The zero-order chi connectivity index (χ0) is 15.0. The standard InChI is InChI=1S/C20H28/c1-6-7-8-9-10-11-12-17(2)18-13-15-19(16-14-18)20(3,4)5/h13-16H,2,6-10H2,1,3-5H3. The molecule has 0 heterocycles. The van der Waals surface area contributed by atoms with E-state index >= 15 is 0 Å². The summed E-state index contributed by atoms with van der Waals surface area (Å²) in [4.78, 5) is 0. The summed E-state index contributed by atoms with van der Waals surface area (Å²) in [5.41, 5.74) is 3.62. The minimum atomic E-state index is 0.199. The lowest BCUT2D eigenvalue weighted by Gasteiger charge is -2.19. The van der Waals surface area contributed by atoms with E-state index in [2.05, 4.69) is 70.4 Å². The lowest BCUT2D eigenvalue weighted by molar-refractivity contribution is 0.590. The minimum absolute atomic E-state index is 0.199. The van der Waals surface area contributed by atoms with Crippen molar-refractivity contribution >= 4 is 5.57 Å². The van der Waals surface area contributed by atoms with Crippen LogP contribution in [0.2, 0.25) is 0 Å². The highest BCUT2D eigenvalue weighted by molar-refractivity contribution is 5.77. The lowest BCUT2D eigenvalue weighted by Crippen LogP contribution is -2.10. The van der Waals surface area contributed by atoms with E-state index in [0.29, 0.717) is 0 Å². The summed E-state index contributed by atoms with van der Waals surface area (Å²) in [6, 6.07) is 8.64. The second-order valence-electron chi connectivity index (χ2n) is 6.42. The van der Waals surface area contributed by atoms with Crippen molar-refractivity contribution in [2.75, 3.05) is 0 Å². The van der Waals surface area contributed by atoms with Crippen LogP contribution in [0.15, 0.2) is 30.8 Å². The molecule has 1 aromatic carbocycles. The molecule has 0 atom stereocenters. The summed E-state index contributed by atoms with van der Waals surface area (Å²) in [5.74, 6) is 6.43. The largest absolute Gasteiger partial charge is 0.0979 e. The van der Waals surface area contributed by atoms with Crippen LogP contribution in [0.5, 0.6) is 0 Å². The van der Waals surface area contributed by atoms with Gasteiger partial charge in [0.2, 0.25) is 0 Å². The minimum Gasteiger partial charge on any atom is -0.0979 e. The number of unbranched alkanes of at least 4 members (excludes halogenated alkanes) is 4. The number of allylic oxidation sites excluding steroid dienone is 1. The van der Waals surface area contributed by atoms with E-state index in [4.69, 9.17) is 0 Å². The van der Waals surface area contributed by atoms with Crippen LogP contribution < -0.4 is 0 Å². The summed E-state index contributed by atoms with van der Waals surface area (Å²) in [5, 5.41) is 0. The molecule has 0 aliphatic heterocycles. The Labute approximate surface area is 125 Å². The number of benzene rings is 1. The van der Waals surface area contributed by atoms with Crippen molar-refractivity contribution in [3.05, 3.63) is 42.0 Å². The average Bonchev–Trinajstić information content (AvgIpc) is 2.41. The average molecular weight is 268 g/mol. The summed E-state index contributed by atoms with van der Waals surface area (Å²) < 4.78 is 0. The van der Waals surface area contributed by atoms with Crippen molar-refractivity contribution in [3.8, 4) is 11.8 Å². The van der Waals surface area contributed by atoms with Crippen LogP contribution in [0.4, 0.5) is 0 Å². The maximum Gasteiger partial charge on any atom is 0.0245 e. The van der Waals surface area contributed by atoms with E-state index in [1.165, 1.54) is 31.2 Å². The molecule has 0 saturated heterocycles. The third kappa shape index (κ3) is 5.66. The second-order valence-corrected chi connectivity index (χ2v) is 6.42. The van der Waals surface area contributed by atoms with Gasteiger partial charge in [0.1, 0.15) is 0 Å². The van der Waals surface area contributed by atoms with Crippen molar-refractivity contribution in [2.24, 2.45) is 0 Å². The molecular weight excluding hydrogens is 240 g/mol. The smallest absolute Gasteiger partial charge is 0.0245 e. The molecule has 108 valence electrons. The van der Waals surface area contributed by atoms with Crippen molar-refractivity contribution in [3.63, 3.8) is 0 Å². The molecule has 0 bridgehead atoms. The molecule has 1 aromatic rings. The Morgan fingerprint density at radius 2 is 1.70 bits per heavy atom. The zero-order valence-corrected chi connectivity index (χ0v) is 13.6. The van der Waals surface area contributed by atoms with Crippen LogP contribution in [0.1, 0.15) is 70.9 Å². The first-order valence-corrected chi connectivity index (χ1v) is 7.74. The van der Waals surface area contributed by atoms with Crippen molar-refractivity contribution < 1.29 is 0 Å². The summed E-state index contributed by atoms with van der Waals surface area (Å²) in [6.07, 6.45) is 6.07. The van der Waals surface area contributed by atoms with Crippen molar-refractivity contribution in [2.45, 2.75) is 65.2 Å². The third-order valence-corrected chi connectivity index (χ3v) is 3.49. The molecule has 0 saturated carbocycles. The molecule has 0 unspecified atom stereocenters. The van der Waals surface area contributed by atoms with E-state index in [1.54, 1.807) is 0 Å². The monoisotopic (exact) mass is 268 g/mol. The number of rotatable bonds is 5. The number of hydrogen-bond acceptors (Lipinski definition) is 0. The first kappa shape index (κ1) is 16.6. The third-order valence-electron chi connectivity index (χ3n) is 3.49. The summed E-state index contributed by atoms with van der Waals surface area (Å²) in [6.45, 7) is 13.0. The van der Waals surface area contributed by atoms with Gasteiger partial charge in [0.25, 0.3) is 0 Å². The molecule has 0 amide bonds. The Morgan fingerprint density at radius 3 is 2.25 bits per heavy atom. The van der Waals surface area contributed by atoms with Gasteiger partial charge in [-0.1, -0.05) is 89.6 Å². The number of hydrogen-bond donors (Lipinski definition) is 0. The van der Waals surface area contributed by atoms with Gasteiger partial charge in [-0.3, -0.25) is 0 Å². The van der Waals surface area contributed by atoms with Crippen LogP contribution in [-0.4, -0.2) is 0 Å². The van der Waals surface area contributed by atoms with Crippen LogP contribution in [0, 0.1) is 11.8 Å². The topological polar surface area (TPSA) is 0 Å². The molecule has 20 heavy (non-hydrogen) atoms. The van der Waals surface area contributed by atoms with Gasteiger partial charge in [-0.05, 0) is 23.0 Å². The quantitative estimate of drug-likeness (QED) is 0.456. The van der Waals surface area contributed by atoms with E-state index in [1.807, 2.05) is 0 Å². The van der Waals surface area contributed by atoms with Gasteiger partial charge < -0.3 is 0 Å². The fraction of sp³-hybridized carbons (Fsp3) is 0.500. The highest BCUT2D eigenvalue weighted by Gasteiger charge is 2.12. The molecule has 0 nitrogen and oxygen atoms in total. The molecule has 0 N–H and O–H groups in total. The van der Waals surface area contributed by atoms with Crippen LogP contribution in [0.3, 0.4) is 0 Å². The molecule has 0 heteroatoms. The van der Waals surface area contributed by atoms with Gasteiger partial charge in [-0.25, -0.2) is 0 Å². The maximum absolute atomic E-state index is 4.08. The lowest BCUT2D eigenvalue weighted by atomic mass is 9.86. The SMILES string of the molecule is C=C(C#CCCCCCC)c1ccc(C(C)(C)C)cc1. The van der Waals surface area contributed by atoms with Gasteiger partial charge in [0, 0.05) is 12.0 Å². The molecule has 0 fully saturated rings. The molecule has 0 aliphatic carbocycles. The first-order valence-electron chi connectivity index (χ1n) is 7.74. The van der Waals surface area contributed by atoms with E-state index < -0.39 is 0 Å². The summed E-state index contributed by atoms with van der Waals surface area (Å²) in [7, 11) is 0. The highest BCUT2D eigenvalue weighted by Crippen LogP contribution is 2.23. The van der Waals surface area contributed by atoms with E-state index in [9.17, 15) is 0 Å². The van der Waals surface area contributed by atoms with Crippen LogP contribution in [0.25, 0.3) is 5.57 Å². The van der Waals surface area contributed by atoms with Gasteiger partial charge in [0.05, 0.1) is 0 Å². The zero-order valence-electron chi connectivity index (χ0n) is 13.6. The second kappa shape index (κ2) is 7.95. The molecule has 0 aromatic heterocycles. The summed E-state index contributed by atoms with van der Waals surface area (Å²) >= 11 is 0. The molecule has 1 rings (SSSR count). The van der Waals surface area contributed by atoms with Gasteiger partial charge in [0.15, 0.2) is 0 Å². The Hall–Kier alpha value is -1.48. The Kier molecular flexibility index (Phi) is 6.59. The highest BCUT2D eigenvalue weighted by atomic mass is 14.2. The predicted octanol–water partition coefficient (Wildman–Crippen LogP) is 5.97.